The molecule has 0 N–H and O–H groups in total. The van der Waals surface area contributed by atoms with Crippen LogP contribution in [0, 0.1) is 0 Å². The first kappa shape index (κ1) is 19.8. The number of hydrogen-bond donors (Lipinski definition) is 1. The quantitative estimate of drug-likeness (QED) is 0.303. The molecular weight excluding hydrogens is 470 g/mol. The van der Waals surface area contributed by atoms with Crippen molar-refractivity contribution in [3.8, 4) is 11.4 Å². The van der Waals surface area contributed by atoms with Crippen molar-refractivity contribution in [2.45, 2.75) is 31.0 Å². The topological polar surface area (TPSA) is 57.0 Å². The molecule has 2 rings (SSSR count). The minimum Gasteiger partial charge on any atom is -0.459 e. The molecule has 2 aromatic rings. The number of carbonyl (C=O) groups excluding carboxylic acids is 1. The molecule has 1 aromatic heterocycles. The summed E-state index contributed by atoms with van der Waals surface area (Å²) >= 11 is 5.78. The molecule has 1 aromatic carbocycles. The Morgan fingerprint density at radius 2 is 2.04 bits per heavy atom. The maximum atomic E-state index is 12.9. The lowest BCUT2D eigenvalue weighted by Gasteiger charge is -2.08. The molecule has 5 nitrogen and oxygen atoms in total. The Morgan fingerprint density at radius 3 is 2.64 bits per heavy atom. The molecule has 0 aliphatic heterocycles. The number of thiol groups is 1. The number of alkyl halides is 3. The molecule has 0 aliphatic rings. The van der Waals surface area contributed by atoms with Gasteiger partial charge >= 0.3 is 12.1 Å². The molecule has 0 spiro atoms. The van der Waals surface area contributed by atoms with E-state index in [-0.39, 0.29) is 26.0 Å². The molecule has 10 heteroatoms. The number of ether oxygens (including phenoxy) is 1. The Balaban J connectivity index is 2.30. The van der Waals surface area contributed by atoms with Gasteiger partial charge in [0.15, 0.2) is 5.82 Å². The fraction of sp³-hybridized carbons (Fsp3) is 0.267. The summed E-state index contributed by atoms with van der Waals surface area (Å²) in [5.41, 5.74) is -0.663. The normalized spacial score (nSPS) is 12.6. The summed E-state index contributed by atoms with van der Waals surface area (Å²) in [6.45, 7) is 3.44. The molecule has 0 unspecified atom stereocenters. The van der Waals surface area contributed by atoms with E-state index in [9.17, 15) is 18.0 Å². The molecule has 0 saturated heterocycles. The Bertz CT molecular complexity index is 819. The molecule has 25 heavy (non-hydrogen) atoms. The highest BCUT2D eigenvalue weighted by Gasteiger charge is 2.31. The Hall–Kier alpha value is -1.56. The van der Waals surface area contributed by atoms with E-state index in [1.165, 1.54) is 23.3 Å². The van der Waals surface area contributed by atoms with E-state index in [0.717, 1.165) is 12.1 Å². The van der Waals surface area contributed by atoms with Crippen LogP contribution in [0.5, 0.6) is 0 Å². The molecular formula is C15H13F3IN3O2S. The maximum Gasteiger partial charge on any atom is 0.416 e. The van der Waals surface area contributed by atoms with Crippen molar-refractivity contribution >= 4 is 47.4 Å². The van der Waals surface area contributed by atoms with Gasteiger partial charge < -0.3 is 4.74 Å². The molecule has 0 bridgehead atoms. The van der Waals surface area contributed by atoms with Crippen molar-refractivity contribution in [1.29, 1.82) is 0 Å². The van der Waals surface area contributed by atoms with E-state index in [0.29, 0.717) is 0 Å². The minimum absolute atomic E-state index is 0.0825. The van der Waals surface area contributed by atoms with Crippen LogP contribution in [0.4, 0.5) is 13.2 Å². The van der Waals surface area contributed by atoms with Crippen molar-refractivity contribution in [2.24, 2.45) is 0 Å². The molecule has 0 amide bonds. The number of carbonyl (C=O) groups is 1. The van der Waals surface area contributed by atoms with Gasteiger partial charge in [-0.2, -0.15) is 13.2 Å². The zero-order chi connectivity index (χ0) is 18.8. The number of esters is 1. The molecule has 134 valence electrons. The zero-order valence-corrected chi connectivity index (χ0v) is 16.1. The van der Waals surface area contributed by atoms with Crippen LogP contribution >= 0.6 is 35.2 Å². The molecule has 0 aliphatic carbocycles. The van der Waals surface area contributed by atoms with Gasteiger partial charge in [0.1, 0.15) is 9.91 Å². The Kier molecular flexibility index (Phi) is 6.14. The van der Waals surface area contributed by atoms with Gasteiger partial charge in [-0.15, -0.1) is 17.7 Å². The molecule has 1 heterocycles. The van der Waals surface area contributed by atoms with Gasteiger partial charge in [0.2, 0.25) is 0 Å². The number of aromatic nitrogens is 3. The van der Waals surface area contributed by atoms with Gasteiger partial charge in [-0.05, 0) is 54.6 Å². The summed E-state index contributed by atoms with van der Waals surface area (Å²) in [7, 11) is 0. The predicted octanol–water partition coefficient (Wildman–Crippen LogP) is 4.44. The zero-order valence-electron chi connectivity index (χ0n) is 13.1. The second kappa shape index (κ2) is 7.77. The number of benzene rings is 1. The third-order valence-electron chi connectivity index (χ3n) is 2.80. The van der Waals surface area contributed by atoms with Crippen molar-refractivity contribution < 1.29 is 22.7 Å². The Morgan fingerprint density at radius 1 is 1.36 bits per heavy atom. The van der Waals surface area contributed by atoms with Crippen molar-refractivity contribution in [2.75, 3.05) is 0 Å². The van der Waals surface area contributed by atoms with Gasteiger partial charge in [0.05, 0.1) is 17.9 Å². The minimum atomic E-state index is -4.49. The third-order valence-corrected chi connectivity index (χ3v) is 3.77. The summed E-state index contributed by atoms with van der Waals surface area (Å²) in [5.74, 6) is -0.441. The standard InChI is InChI=1S/C15H13F3IN3O2S/c1-8(2)24-14(23)12(19)6-22-7-20-13(21-22)9-3-10(15(16,17)18)5-11(25)4-9/h3-8,25H,1-2H3/b12-6+. The van der Waals surface area contributed by atoms with Crippen LogP contribution in [0.15, 0.2) is 33.0 Å². The lowest BCUT2D eigenvalue weighted by atomic mass is 10.1. The molecule has 0 fully saturated rings. The van der Waals surface area contributed by atoms with E-state index in [1.54, 1.807) is 36.4 Å². The van der Waals surface area contributed by atoms with Crippen LogP contribution in [0.3, 0.4) is 0 Å². The van der Waals surface area contributed by atoms with Crippen LogP contribution in [0.2, 0.25) is 0 Å². The van der Waals surface area contributed by atoms with E-state index in [2.05, 4.69) is 22.7 Å². The SMILES string of the molecule is CC(C)OC(=O)/C(I)=C\n1cnc(-c2cc(S)cc(C(F)(F)F)c2)n1. The third kappa shape index (κ3) is 5.46. The van der Waals surface area contributed by atoms with Gasteiger partial charge in [-0.3, -0.25) is 0 Å². The van der Waals surface area contributed by atoms with Gasteiger partial charge in [0.25, 0.3) is 0 Å². The lowest BCUT2D eigenvalue weighted by Crippen LogP contribution is -2.11. The van der Waals surface area contributed by atoms with Crippen LogP contribution in [-0.2, 0) is 15.7 Å². The van der Waals surface area contributed by atoms with E-state index < -0.39 is 17.7 Å². The van der Waals surface area contributed by atoms with E-state index in [4.69, 9.17) is 4.74 Å². The van der Waals surface area contributed by atoms with Gasteiger partial charge in [-0.25, -0.2) is 14.5 Å². The first-order chi connectivity index (χ1) is 11.6. The van der Waals surface area contributed by atoms with Crippen LogP contribution in [-0.4, -0.2) is 26.8 Å². The van der Waals surface area contributed by atoms with Gasteiger partial charge in [-0.1, -0.05) is 0 Å². The number of halogens is 4. The largest absolute Gasteiger partial charge is 0.459 e. The fourth-order valence-corrected chi connectivity index (χ4v) is 2.50. The average Bonchev–Trinajstić information content (AvgIpc) is 2.93. The summed E-state index contributed by atoms with van der Waals surface area (Å²) in [4.78, 5) is 15.9. The first-order valence-electron chi connectivity index (χ1n) is 6.97. The summed E-state index contributed by atoms with van der Waals surface area (Å²) in [6.07, 6.45) is -2.10. The summed E-state index contributed by atoms with van der Waals surface area (Å²) in [6, 6.07) is 3.30. The first-order valence-corrected chi connectivity index (χ1v) is 8.50. The molecule has 0 radical (unpaired) electrons. The predicted molar refractivity (Wildman–Crippen MR) is 97.2 cm³/mol. The highest BCUT2D eigenvalue weighted by atomic mass is 127. The number of nitrogens with zero attached hydrogens (tertiary/aromatic N) is 3. The summed E-state index contributed by atoms with van der Waals surface area (Å²) < 4.78 is 45.2. The number of hydrogen-bond acceptors (Lipinski definition) is 5. The van der Waals surface area contributed by atoms with Crippen molar-refractivity contribution in [1.82, 2.24) is 14.8 Å². The summed E-state index contributed by atoms with van der Waals surface area (Å²) in [5, 5.41) is 4.06. The van der Waals surface area contributed by atoms with Gasteiger partial charge in [0, 0.05) is 10.5 Å². The lowest BCUT2D eigenvalue weighted by molar-refractivity contribution is -0.141. The maximum absolute atomic E-state index is 12.9. The van der Waals surface area contributed by atoms with E-state index in [1.807, 2.05) is 0 Å². The highest BCUT2D eigenvalue weighted by molar-refractivity contribution is 14.1. The van der Waals surface area contributed by atoms with Crippen LogP contribution < -0.4 is 0 Å². The van der Waals surface area contributed by atoms with E-state index >= 15 is 0 Å². The highest BCUT2D eigenvalue weighted by Crippen LogP contribution is 2.33. The second-order valence-corrected chi connectivity index (χ2v) is 6.92. The van der Waals surface area contributed by atoms with Crippen molar-refractivity contribution in [3.05, 3.63) is 33.7 Å². The van der Waals surface area contributed by atoms with Crippen LogP contribution in [0.1, 0.15) is 19.4 Å². The number of rotatable bonds is 4. The smallest absolute Gasteiger partial charge is 0.416 e. The Labute approximate surface area is 160 Å². The monoisotopic (exact) mass is 483 g/mol. The molecule has 0 saturated carbocycles. The molecule has 0 atom stereocenters. The fourth-order valence-electron chi connectivity index (χ4n) is 1.81. The second-order valence-electron chi connectivity index (χ2n) is 5.25. The average molecular weight is 483 g/mol. The van der Waals surface area contributed by atoms with Crippen LogP contribution in [0.25, 0.3) is 17.6 Å². The van der Waals surface area contributed by atoms with Crippen molar-refractivity contribution in [3.63, 3.8) is 0 Å².